The van der Waals surface area contributed by atoms with Crippen LogP contribution >= 0.6 is 0 Å². The van der Waals surface area contributed by atoms with Crippen molar-refractivity contribution in [1.82, 2.24) is 19.6 Å². The van der Waals surface area contributed by atoms with Crippen LogP contribution in [0.5, 0.6) is 5.75 Å². The number of H-pyrrole nitrogens is 1. The maximum atomic E-state index is 12.9. The smallest absolute Gasteiger partial charge is 0.456 e. The minimum atomic E-state index is -5.70. The van der Waals surface area contributed by atoms with Gasteiger partial charge < -0.3 is 4.74 Å². The van der Waals surface area contributed by atoms with Gasteiger partial charge in [-0.3, -0.25) is 4.98 Å². The van der Waals surface area contributed by atoms with E-state index in [1.807, 2.05) is 0 Å². The number of aromatic nitrogens is 4. The number of pyridine rings is 2. The van der Waals surface area contributed by atoms with Crippen molar-refractivity contribution in [2.75, 3.05) is 6.61 Å². The predicted molar refractivity (Wildman–Crippen MR) is 80.3 cm³/mol. The van der Waals surface area contributed by atoms with Crippen molar-refractivity contribution < 1.29 is 26.7 Å². The van der Waals surface area contributed by atoms with Gasteiger partial charge in [-0.05, 0) is 30.7 Å². The molecule has 3 rings (SSSR count). The van der Waals surface area contributed by atoms with Gasteiger partial charge in [-0.1, -0.05) is 6.07 Å². The average molecular weight is 374 g/mol. The van der Waals surface area contributed by atoms with Crippen LogP contribution in [0.1, 0.15) is 5.56 Å². The molecule has 0 unspecified atom stereocenters. The summed E-state index contributed by atoms with van der Waals surface area (Å²) >= 11 is 0. The summed E-state index contributed by atoms with van der Waals surface area (Å²) < 4.78 is 67.9. The molecule has 0 aliphatic carbocycles. The Labute approximate surface area is 142 Å². The molecule has 3 aromatic rings. The molecule has 3 aromatic heterocycles. The Morgan fingerprint density at radius 3 is 2.50 bits per heavy atom. The number of ether oxygens (including phenoxy) is 1. The molecule has 26 heavy (non-hydrogen) atoms. The molecule has 6 nitrogen and oxygen atoms in total. The zero-order chi connectivity index (χ0) is 19.1. The summed E-state index contributed by atoms with van der Waals surface area (Å²) in [7, 11) is 0. The van der Waals surface area contributed by atoms with Crippen LogP contribution < -0.4 is 10.4 Å². The van der Waals surface area contributed by atoms with Gasteiger partial charge in [0.2, 0.25) is 0 Å². The average Bonchev–Trinajstić information content (AvgIpc) is 2.94. The number of alkyl halides is 5. The van der Waals surface area contributed by atoms with E-state index in [1.54, 1.807) is 19.1 Å². The highest BCUT2D eigenvalue weighted by atomic mass is 19.4. The summed E-state index contributed by atoms with van der Waals surface area (Å²) in [6.07, 6.45) is -4.69. The number of halogens is 5. The summed E-state index contributed by atoms with van der Waals surface area (Å²) in [5, 5.41) is 6.12. The number of hydrogen-bond acceptors (Lipinski definition) is 4. The van der Waals surface area contributed by atoms with Gasteiger partial charge in [0.15, 0.2) is 12.3 Å². The Morgan fingerprint density at radius 2 is 1.88 bits per heavy atom. The predicted octanol–water partition coefficient (Wildman–Crippen LogP) is 2.97. The molecule has 0 aromatic carbocycles. The number of nitrogens with one attached hydrogen (secondary N) is 1. The first kappa shape index (κ1) is 17.8. The molecule has 138 valence electrons. The molecule has 0 atom stereocenters. The van der Waals surface area contributed by atoms with E-state index in [2.05, 4.69) is 19.9 Å². The lowest BCUT2D eigenvalue weighted by Gasteiger charge is -2.19. The highest BCUT2D eigenvalue weighted by molar-refractivity contribution is 5.63. The SMILES string of the molecule is Cc1ccc2n[nH]c(=O)n2c1-c1ccc(OCC(F)(F)C(F)(F)F)cn1. The van der Waals surface area contributed by atoms with Crippen LogP contribution in [0, 0.1) is 6.92 Å². The summed E-state index contributed by atoms with van der Waals surface area (Å²) in [5.74, 6) is -5.24. The lowest BCUT2D eigenvalue weighted by Crippen LogP contribution is -2.41. The van der Waals surface area contributed by atoms with Crippen molar-refractivity contribution in [3.63, 3.8) is 0 Å². The van der Waals surface area contributed by atoms with E-state index >= 15 is 0 Å². The largest absolute Gasteiger partial charge is 0.485 e. The fourth-order valence-corrected chi connectivity index (χ4v) is 2.27. The first-order valence-electron chi connectivity index (χ1n) is 7.21. The molecular formula is C15H11F5N4O2. The second-order valence-corrected chi connectivity index (χ2v) is 5.46. The highest BCUT2D eigenvalue weighted by Gasteiger charge is 2.58. The monoisotopic (exact) mass is 374 g/mol. The van der Waals surface area contributed by atoms with Crippen LogP contribution in [0.15, 0.2) is 35.3 Å². The number of fused-ring (bicyclic) bond motifs is 1. The molecule has 3 heterocycles. The molecule has 0 aliphatic heterocycles. The van der Waals surface area contributed by atoms with Crippen molar-refractivity contribution >= 4 is 5.65 Å². The van der Waals surface area contributed by atoms with E-state index in [-0.39, 0.29) is 5.75 Å². The highest BCUT2D eigenvalue weighted by Crippen LogP contribution is 2.35. The number of rotatable bonds is 4. The van der Waals surface area contributed by atoms with Crippen LogP contribution in [-0.2, 0) is 0 Å². The van der Waals surface area contributed by atoms with Crippen molar-refractivity contribution in [1.29, 1.82) is 0 Å². The third-order valence-electron chi connectivity index (χ3n) is 3.59. The summed E-state index contributed by atoms with van der Waals surface area (Å²) in [6, 6.07) is 5.87. The molecule has 0 spiro atoms. The molecule has 0 amide bonds. The van der Waals surface area contributed by atoms with Gasteiger partial charge in [0, 0.05) is 0 Å². The quantitative estimate of drug-likeness (QED) is 0.713. The third kappa shape index (κ3) is 3.11. The molecule has 0 radical (unpaired) electrons. The van der Waals surface area contributed by atoms with Crippen molar-refractivity contribution in [3.8, 4) is 17.1 Å². The first-order valence-corrected chi connectivity index (χ1v) is 7.21. The van der Waals surface area contributed by atoms with E-state index in [1.165, 1.54) is 16.5 Å². The molecular weight excluding hydrogens is 363 g/mol. The molecule has 0 saturated carbocycles. The fraction of sp³-hybridized carbons (Fsp3) is 0.267. The Hall–Kier alpha value is -2.98. The van der Waals surface area contributed by atoms with E-state index in [0.29, 0.717) is 22.6 Å². The van der Waals surface area contributed by atoms with Gasteiger partial charge in [0.25, 0.3) is 0 Å². The van der Waals surface area contributed by atoms with E-state index in [9.17, 15) is 26.7 Å². The van der Waals surface area contributed by atoms with Crippen LogP contribution in [0.4, 0.5) is 22.0 Å². The Bertz CT molecular complexity index is 992. The van der Waals surface area contributed by atoms with Crippen molar-refractivity contribution in [3.05, 3.63) is 46.5 Å². The van der Waals surface area contributed by atoms with Gasteiger partial charge in [-0.25, -0.2) is 14.3 Å². The zero-order valence-corrected chi connectivity index (χ0v) is 13.1. The molecule has 0 aliphatic rings. The Balaban J connectivity index is 1.89. The second-order valence-electron chi connectivity index (χ2n) is 5.46. The molecule has 11 heteroatoms. The Kier molecular flexibility index (Phi) is 4.17. The maximum Gasteiger partial charge on any atom is 0.456 e. The van der Waals surface area contributed by atoms with Crippen molar-refractivity contribution in [2.45, 2.75) is 19.0 Å². The number of aromatic amines is 1. The number of nitrogens with zero attached hydrogens (tertiary/aromatic N) is 3. The van der Waals surface area contributed by atoms with Crippen LogP contribution in [0.25, 0.3) is 17.0 Å². The maximum absolute atomic E-state index is 12.9. The van der Waals surface area contributed by atoms with Crippen LogP contribution in [0.3, 0.4) is 0 Å². The number of hydrogen-bond donors (Lipinski definition) is 1. The van der Waals surface area contributed by atoms with E-state index in [0.717, 1.165) is 6.20 Å². The Morgan fingerprint density at radius 1 is 1.15 bits per heavy atom. The molecule has 0 fully saturated rings. The van der Waals surface area contributed by atoms with Crippen LogP contribution in [-0.4, -0.2) is 38.3 Å². The minimum Gasteiger partial charge on any atom is -0.485 e. The van der Waals surface area contributed by atoms with Gasteiger partial charge in [-0.2, -0.15) is 27.1 Å². The van der Waals surface area contributed by atoms with Crippen LogP contribution in [0.2, 0.25) is 0 Å². The van der Waals surface area contributed by atoms with E-state index in [4.69, 9.17) is 0 Å². The standard InChI is InChI=1S/C15H11F5N4O2/c1-8-2-5-11-22-23-13(25)24(11)12(8)10-4-3-9(6-21-10)26-7-14(16,17)15(18,19)20/h2-6H,7H2,1H3,(H,23,25). The van der Waals surface area contributed by atoms with Gasteiger partial charge in [-0.15, -0.1) is 0 Å². The van der Waals surface area contributed by atoms with Gasteiger partial charge >= 0.3 is 17.8 Å². The van der Waals surface area contributed by atoms with E-state index < -0.39 is 24.4 Å². The summed E-state index contributed by atoms with van der Waals surface area (Å²) in [4.78, 5) is 15.9. The van der Waals surface area contributed by atoms with Gasteiger partial charge in [0.1, 0.15) is 5.75 Å². The van der Waals surface area contributed by atoms with Gasteiger partial charge in [0.05, 0.1) is 17.6 Å². The molecule has 1 N–H and O–H groups in total. The first-order chi connectivity index (χ1) is 12.1. The lowest BCUT2D eigenvalue weighted by atomic mass is 10.1. The zero-order valence-electron chi connectivity index (χ0n) is 13.1. The normalized spacial score (nSPS) is 12.5. The van der Waals surface area contributed by atoms with Crippen molar-refractivity contribution in [2.24, 2.45) is 0 Å². The summed E-state index contributed by atoms with van der Waals surface area (Å²) in [6.45, 7) is -0.127. The fourth-order valence-electron chi connectivity index (χ4n) is 2.27. The topological polar surface area (TPSA) is 72.3 Å². The lowest BCUT2D eigenvalue weighted by molar-refractivity contribution is -0.290. The number of aryl methyl sites for hydroxylation is 1. The minimum absolute atomic E-state index is 0.262. The second kappa shape index (κ2) is 6.07. The molecule has 0 saturated heterocycles. The molecule has 0 bridgehead atoms. The summed E-state index contributed by atoms with van der Waals surface area (Å²) in [5.41, 5.74) is 1.25. The third-order valence-corrected chi connectivity index (χ3v) is 3.59.